The Kier molecular flexibility index (Phi) is 4.99. The number of amides is 1. The largest absolute Gasteiger partial charge is 0.378 e. The molecule has 5 heteroatoms. The van der Waals surface area contributed by atoms with Crippen molar-refractivity contribution in [3.8, 4) is 0 Å². The molecule has 2 rings (SSSR count). The van der Waals surface area contributed by atoms with E-state index in [0.717, 1.165) is 17.1 Å². The summed E-state index contributed by atoms with van der Waals surface area (Å²) in [6.45, 7) is 0.454. The highest BCUT2D eigenvalue weighted by atomic mass is 16.1. The molecule has 0 aliphatic carbocycles. The van der Waals surface area contributed by atoms with Crippen LogP contribution in [0.3, 0.4) is 0 Å². The van der Waals surface area contributed by atoms with Crippen molar-refractivity contribution in [1.29, 1.82) is 0 Å². The zero-order valence-electron chi connectivity index (χ0n) is 13.5. The van der Waals surface area contributed by atoms with Gasteiger partial charge in [0.2, 0.25) is 0 Å². The number of hydrogen-bond donors (Lipinski definition) is 1. The molecule has 0 fully saturated rings. The smallest absolute Gasteiger partial charge is 0.251 e. The van der Waals surface area contributed by atoms with Gasteiger partial charge in [0, 0.05) is 57.7 Å². The number of nitrogens with one attached hydrogen (secondary N) is 1. The first-order valence-corrected chi connectivity index (χ1v) is 7.16. The molecule has 0 aliphatic rings. The van der Waals surface area contributed by atoms with Gasteiger partial charge in [0.15, 0.2) is 0 Å². The highest BCUT2D eigenvalue weighted by Crippen LogP contribution is 2.15. The molecular formula is C17H22N4O. The molecule has 0 unspecified atom stereocenters. The van der Waals surface area contributed by atoms with E-state index in [4.69, 9.17) is 0 Å². The molecule has 116 valence electrons. The summed E-state index contributed by atoms with van der Waals surface area (Å²) in [6, 6.07) is 11.4. The summed E-state index contributed by atoms with van der Waals surface area (Å²) >= 11 is 0. The molecule has 0 atom stereocenters. The van der Waals surface area contributed by atoms with Gasteiger partial charge >= 0.3 is 0 Å². The van der Waals surface area contributed by atoms with Crippen LogP contribution in [0.1, 0.15) is 15.9 Å². The first-order valence-electron chi connectivity index (χ1n) is 7.16. The third kappa shape index (κ3) is 3.75. The predicted octanol–water partition coefficient (Wildman–Crippen LogP) is 2.14. The van der Waals surface area contributed by atoms with Crippen LogP contribution in [0.15, 0.2) is 42.6 Å². The number of rotatable bonds is 5. The monoisotopic (exact) mass is 298 g/mol. The van der Waals surface area contributed by atoms with Crippen molar-refractivity contribution in [1.82, 2.24) is 10.3 Å². The number of anilines is 2. The molecule has 0 saturated heterocycles. The van der Waals surface area contributed by atoms with Crippen molar-refractivity contribution in [2.24, 2.45) is 0 Å². The summed E-state index contributed by atoms with van der Waals surface area (Å²) in [5.41, 5.74) is 2.71. The van der Waals surface area contributed by atoms with E-state index in [2.05, 4.69) is 10.3 Å². The van der Waals surface area contributed by atoms with E-state index in [1.807, 2.05) is 74.4 Å². The lowest BCUT2D eigenvalue weighted by Crippen LogP contribution is -2.24. The number of carbonyl (C=O) groups is 1. The average molecular weight is 298 g/mol. The van der Waals surface area contributed by atoms with Gasteiger partial charge in [-0.1, -0.05) is 6.07 Å². The molecule has 22 heavy (non-hydrogen) atoms. The van der Waals surface area contributed by atoms with Gasteiger partial charge < -0.3 is 15.1 Å². The second-order valence-corrected chi connectivity index (χ2v) is 5.50. The van der Waals surface area contributed by atoms with Gasteiger partial charge in [-0.05, 0) is 30.3 Å². The van der Waals surface area contributed by atoms with Crippen LogP contribution in [0.4, 0.5) is 11.5 Å². The van der Waals surface area contributed by atoms with Crippen molar-refractivity contribution in [3.05, 3.63) is 53.7 Å². The summed E-state index contributed by atoms with van der Waals surface area (Å²) < 4.78 is 0. The van der Waals surface area contributed by atoms with Gasteiger partial charge in [0.25, 0.3) is 5.91 Å². The highest BCUT2D eigenvalue weighted by molar-refractivity contribution is 5.94. The Hall–Kier alpha value is -2.56. The van der Waals surface area contributed by atoms with E-state index in [1.165, 1.54) is 0 Å². The summed E-state index contributed by atoms with van der Waals surface area (Å²) in [6.07, 6.45) is 1.75. The van der Waals surface area contributed by atoms with Crippen LogP contribution in [0, 0.1) is 0 Å². The topological polar surface area (TPSA) is 48.5 Å². The van der Waals surface area contributed by atoms with E-state index in [-0.39, 0.29) is 5.91 Å². The standard InChI is InChI=1S/C17H22N4O/c1-20(2)15-9-7-13(8-10-15)17(22)19-12-14-6-5-11-18-16(14)21(3)4/h5-11H,12H2,1-4H3,(H,19,22). The number of hydrogen-bond acceptors (Lipinski definition) is 4. The van der Waals surface area contributed by atoms with Crippen molar-refractivity contribution in [3.63, 3.8) is 0 Å². The van der Waals surface area contributed by atoms with Crippen molar-refractivity contribution in [2.75, 3.05) is 38.0 Å². The number of aromatic nitrogens is 1. The van der Waals surface area contributed by atoms with Gasteiger partial charge in [-0.25, -0.2) is 4.98 Å². The molecule has 0 spiro atoms. The van der Waals surface area contributed by atoms with E-state index >= 15 is 0 Å². The molecule has 5 nitrogen and oxygen atoms in total. The lowest BCUT2D eigenvalue weighted by Gasteiger charge is -2.16. The molecular weight excluding hydrogens is 276 g/mol. The molecule has 1 aromatic carbocycles. The van der Waals surface area contributed by atoms with Crippen molar-refractivity contribution < 1.29 is 4.79 Å². The molecule has 1 heterocycles. The Morgan fingerprint density at radius 2 is 1.73 bits per heavy atom. The van der Waals surface area contributed by atoms with Crippen LogP contribution in [-0.4, -0.2) is 39.1 Å². The van der Waals surface area contributed by atoms with Gasteiger partial charge in [0.1, 0.15) is 5.82 Å². The number of carbonyl (C=O) groups excluding carboxylic acids is 1. The summed E-state index contributed by atoms with van der Waals surface area (Å²) in [5, 5.41) is 2.94. The first kappa shape index (κ1) is 15.8. The third-order valence-corrected chi connectivity index (χ3v) is 3.38. The quantitative estimate of drug-likeness (QED) is 0.919. The maximum Gasteiger partial charge on any atom is 0.251 e. The lowest BCUT2D eigenvalue weighted by molar-refractivity contribution is 0.0951. The average Bonchev–Trinajstić information content (AvgIpc) is 2.52. The second kappa shape index (κ2) is 6.93. The minimum absolute atomic E-state index is 0.0844. The summed E-state index contributed by atoms with van der Waals surface area (Å²) in [5.74, 6) is 0.782. The van der Waals surface area contributed by atoms with E-state index in [9.17, 15) is 4.79 Å². The minimum atomic E-state index is -0.0844. The number of benzene rings is 1. The van der Waals surface area contributed by atoms with Crippen LogP contribution < -0.4 is 15.1 Å². The minimum Gasteiger partial charge on any atom is -0.378 e. The van der Waals surface area contributed by atoms with Crippen LogP contribution in [0.25, 0.3) is 0 Å². The van der Waals surface area contributed by atoms with Gasteiger partial charge in [-0.15, -0.1) is 0 Å². The number of pyridine rings is 1. The van der Waals surface area contributed by atoms with Gasteiger partial charge in [0.05, 0.1) is 0 Å². The molecule has 1 N–H and O–H groups in total. The van der Waals surface area contributed by atoms with E-state index < -0.39 is 0 Å². The van der Waals surface area contributed by atoms with Crippen molar-refractivity contribution >= 4 is 17.4 Å². The van der Waals surface area contributed by atoms with Crippen LogP contribution >= 0.6 is 0 Å². The van der Waals surface area contributed by atoms with E-state index in [0.29, 0.717) is 12.1 Å². The van der Waals surface area contributed by atoms with Crippen LogP contribution in [0.2, 0.25) is 0 Å². The fourth-order valence-electron chi connectivity index (χ4n) is 2.16. The summed E-state index contributed by atoms with van der Waals surface area (Å²) in [4.78, 5) is 20.5. The van der Waals surface area contributed by atoms with Crippen LogP contribution in [0.5, 0.6) is 0 Å². The van der Waals surface area contributed by atoms with Crippen LogP contribution in [-0.2, 0) is 6.54 Å². The molecule has 2 aromatic rings. The van der Waals surface area contributed by atoms with E-state index in [1.54, 1.807) is 6.20 Å². The highest BCUT2D eigenvalue weighted by Gasteiger charge is 2.09. The second-order valence-electron chi connectivity index (χ2n) is 5.50. The Balaban J connectivity index is 2.04. The Bertz CT molecular complexity index is 635. The maximum absolute atomic E-state index is 12.2. The van der Waals surface area contributed by atoms with Gasteiger partial charge in [-0.2, -0.15) is 0 Å². The van der Waals surface area contributed by atoms with Gasteiger partial charge in [-0.3, -0.25) is 4.79 Å². The molecule has 1 aromatic heterocycles. The zero-order valence-corrected chi connectivity index (χ0v) is 13.5. The Morgan fingerprint density at radius 3 is 2.32 bits per heavy atom. The molecule has 0 radical (unpaired) electrons. The fourth-order valence-corrected chi connectivity index (χ4v) is 2.16. The molecule has 1 amide bonds. The lowest BCUT2D eigenvalue weighted by atomic mass is 10.1. The first-order chi connectivity index (χ1) is 10.5. The Morgan fingerprint density at radius 1 is 1.05 bits per heavy atom. The molecule has 0 bridgehead atoms. The SMILES string of the molecule is CN(C)c1ccc(C(=O)NCc2cccnc2N(C)C)cc1. The molecule has 0 saturated carbocycles. The normalized spacial score (nSPS) is 10.2. The third-order valence-electron chi connectivity index (χ3n) is 3.38. The Labute approximate surface area is 131 Å². The van der Waals surface area contributed by atoms with Crippen molar-refractivity contribution in [2.45, 2.75) is 6.54 Å². The zero-order chi connectivity index (χ0) is 16.1. The number of nitrogens with zero attached hydrogens (tertiary/aromatic N) is 3. The predicted molar refractivity (Wildman–Crippen MR) is 90.5 cm³/mol. The molecule has 0 aliphatic heterocycles. The maximum atomic E-state index is 12.2. The fraction of sp³-hybridized carbons (Fsp3) is 0.294. The summed E-state index contributed by atoms with van der Waals surface area (Å²) in [7, 11) is 7.82.